The van der Waals surface area contributed by atoms with E-state index >= 15 is 0 Å². The van der Waals surface area contributed by atoms with Crippen molar-refractivity contribution in [3.63, 3.8) is 0 Å². The quantitative estimate of drug-likeness (QED) is 0.672. The van der Waals surface area contributed by atoms with Crippen LogP contribution in [0.4, 0.5) is 13.2 Å². The highest BCUT2D eigenvalue weighted by Gasteiger charge is 2.30. The predicted octanol–water partition coefficient (Wildman–Crippen LogP) is 4.95. The fourth-order valence-corrected chi connectivity index (χ4v) is 4.06. The Labute approximate surface area is 166 Å². The highest BCUT2D eigenvalue weighted by Crippen LogP contribution is 2.31. The van der Waals surface area contributed by atoms with E-state index in [9.17, 15) is 23.1 Å². The van der Waals surface area contributed by atoms with Crippen molar-refractivity contribution in [2.24, 2.45) is 5.92 Å². The van der Waals surface area contributed by atoms with Crippen LogP contribution >= 0.6 is 0 Å². The van der Waals surface area contributed by atoms with E-state index in [1.807, 2.05) is 34.9 Å². The molecule has 1 unspecified atom stereocenters. The van der Waals surface area contributed by atoms with Crippen LogP contribution in [0.2, 0.25) is 0 Å². The Kier molecular flexibility index (Phi) is 5.08. The van der Waals surface area contributed by atoms with Crippen molar-refractivity contribution in [1.82, 2.24) is 9.47 Å². The number of aromatic nitrogens is 1. The number of rotatable bonds is 4. The van der Waals surface area contributed by atoms with Crippen LogP contribution in [-0.2, 0) is 17.5 Å². The zero-order valence-corrected chi connectivity index (χ0v) is 15.7. The predicted molar refractivity (Wildman–Crippen MR) is 104 cm³/mol. The number of carboxylic acids is 1. The van der Waals surface area contributed by atoms with Crippen LogP contribution in [0.5, 0.6) is 0 Å². The lowest BCUT2D eigenvalue weighted by molar-refractivity contribution is -0.143. The summed E-state index contributed by atoms with van der Waals surface area (Å²) in [6, 6.07) is 14.9. The molecule has 0 spiro atoms. The molecule has 0 radical (unpaired) electrons. The zero-order chi connectivity index (χ0) is 20.6. The second kappa shape index (κ2) is 7.55. The SMILES string of the molecule is O=C(O)C1CCCN(Cc2cc3ccccc3n2-c2ccc(C(F)(F)F)cc2)C1. The summed E-state index contributed by atoms with van der Waals surface area (Å²) in [5.41, 5.74) is 1.81. The maximum absolute atomic E-state index is 12.9. The van der Waals surface area contributed by atoms with E-state index in [1.54, 1.807) is 0 Å². The molecule has 4 nitrogen and oxygen atoms in total. The molecule has 2 aromatic carbocycles. The molecule has 1 fully saturated rings. The number of carbonyl (C=O) groups is 1. The second-order valence-electron chi connectivity index (χ2n) is 7.49. The molecule has 0 bridgehead atoms. The number of para-hydroxylation sites is 1. The summed E-state index contributed by atoms with van der Waals surface area (Å²) >= 11 is 0. The van der Waals surface area contributed by atoms with E-state index in [0.29, 0.717) is 25.2 Å². The van der Waals surface area contributed by atoms with Gasteiger partial charge in [0.25, 0.3) is 0 Å². The third-order valence-corrected chi connectivity index (χ3v) is 5.48. The molecule has 4 rings (SSSR count). The van der Waals surface area contributed by atoms with Crippen molar-refractivity contribution >= 4 is 16.9 Å². The maximum atomic E-state index is 12.9. The van der Waals surface area contributed by atoms with Crippen molar-refractivity contribution in [2.45, 2.75) is 25.6 Å². The molecule has 29 heavy (non-hydrogen) atoms. The van der Waals surface area contributed by atoms with Crippen molar-refractivity contribution in [3.8, 4) is 5.69 Å². The van der Waals surface area contributed by atoms with Crippen LogP contribution in [0.3, 0.4) is 0 Å². The Bertz CT molecular complexity index is 1020. The summed E-state index contributed by atoms with van der Waals surface area (Å²) in [6.45, 7) is 1.82. The van der Waals surface area contributed by atoms with E-state index in [4.69, 9.17) is 0 Å². The largest absolute Gasteiger partial charge is 0.481 e. The fraction of sp³-hybridized carbons (Fsp3) is 0.318. The molecule has 3 aromatic rings. The number of benzene rings is 2. The topological polar surface area (TPSA) is 45.5 Å². The maximum Gasteiger partial charge on any atom is 0.416 e. The second-order valence-corrected chi connectivity index (χ2v) is 7.49. The molecular formula is C22H21F3N2O2. The first-order chi connectivity index (χ1) is 13.8. The van der Waals surface area contributed by atoms with Crippen molar-refractivity contribution in [3.05, 3.63) is 65.9 Å². The summed E-state index contributed by atoms with van der Waals surface area (Å²) in [5, 5.41) is 10.3. The number of piperidine rings is 1. The molecule has 0 amide bonds. The smallest absolute Gasteiger partial charge is 0.416 e. The first-order valence-corrected chi connectivity index (χ1v) is 9.55. The van der Waals surface area contributed by atoms with Gasteiger partial charge in [0.2, 0.25) is 0 Å². The van der Waals surface area contributed by atoms with E-state index in [-0.39, 0.29) is 5.92 Å². The lowest BCUT2D eigenvalue weighted by atomic mass is 9.98. The van der Waals surface area contributed by atoms with Crippen molar-refractivity contribution in [2.75, 3.05) is 13.1 Å². The van der Waals surface area contributed by atoms with Gasteiger partial charge in [0.1, 0.15) is 0 Å². The molecule has 7 heteroatoms. The number of alkyl halides is 3. The van der Waals surface area contributed by atoms with Gasteiger partial charge in [-0.25, -0.2) is 0 Å². The zero-order valence-electron chi connectivity index (χ0n) is 15.7. The lowest BCUT2D eigenvalue weighted by Gasteiger charge is -2.30. The Morgan fingerprint density at radius 3 is 2.52 bits per heavy atom. The highest BCUT2D eigenvalue weighted by molar-refractivity contribution is 5.83. The molecule has 0 aliphatic carbocycles. The van der Waals surface area contributed by atoms with E-state index in [1.165, 1.54) is 12.1 Å². The summed E-state index contributed by atoms with van der Waals surface area (Å²) in [6.07, 6.45) is -2.88. The van der Waals surface area contributed by atoms with Crippen LogP contribution in [0.15, 0.2) is 54.6 Å². The van der Waals surface area contributed by atoms with Crippen LogP contribution in [0.25, 0.3) is 16.6 Å². The molecule has 1 aromatic heterocycles. The summed E-state index contributed by atoms with van der Waals surface area (Å²) in [4.78, 5) is 13.5. The minimum Gasteiger partial charge on any atom is -0.481 e. The average Bonchev–Trinajstić information content (AvgIpc) is 3.05. The van der Waals surface area contributed by atoms with Gasteiger partial charge in [-0.2, -0.15) is 13.2 Å². The average molecular weight is 402 g/mol. The summed E-state index contributed by atoms with van der Waals surface area (Å²) in [5.74, 6) is -1.16. The molecule has 1 saturated heterocycles. The van der Waals surface area contributed by atoms with Gasteiger partial charge in [-0.05, 0) is 55.8 Å². The minimum absolute atomic E-state index is 0.382. The third kappa shape index (κ3) is 4.00. The number of hydrogen-bond donors (Lipinski definition) is 1. The van der Waals surface area contributed by atoms with Crippen LogP contribution < -0.4 is 0 Å². The monoisotopic (exact) mass is 402 g/mol. The molecule has 1 atom stereocenters. The lowest BCUT2D eigenvalue weighted by Crippen LogP contribution is -2.38. The Balaban J connectivity index is 1.71. The van der Waals surface area contributed by atoms with Gasteiger partial charge in [-0.15, -0.1) is 0 Å². The summed E-state index contributed by atoms with van der Waals surface area (Å²) < 4.78 is 40.8. The Morgan fingerprint density at radius 1 is 1.10 bits per heavy atom. The van der Waals surface area contributed by atoms with Crippen molar-refractivity contribution in [1.29, 1.82) is 0 Å². The molecule has 2 heterocycles. The first kappa shape index (κ1) is 19.5. The number of halogens is 3. The van der Waals surface area contributed by atoms with Crippen LogP contribution in [0, 0.1) is 5.92 Å². The molecular weight excluding hydrogens is 381 g/mol. The van der Waals surface area contributed by atoms with Gasteiger partial charge < -0.3 is 9.67 Å². The number of fused-ring (bicyclic) bond motifs is 1. The Hall–Kier alpha value is -2.80. The third-order valence-electron chi connectivity index (χ3n) is 5.48. The molecule has 0 saturated carbocycles. The van der Waals surface area contributed by atoms with Gasteiger partial charge in [-0.3, -0.25) is 9.69 Å². The minimum atomic E-state index is -4.38. The highest BCUT2D eigenvalue weighted by atomic mass is 19.4. The van der Waals surface area contributed by atoms with Gasteiger partial charge in [0.15, 0.2) is 0 Å². The number of hydrogen-bond acceptors (Lipinski definition) is 2. The molecule has 1 aliphatic heterocycles. The fourth-order valence-electron chi connectivity index (χ4n) is 4.06. The van der Waals surface area contributed by atoms with Gasteiger partial charge in [0, 0.05) is 29.9 Å². The van der Waals surface area contributed by atoms with E-state index < -0.39 is 17.7 Å². The first-order valence-electron chi connectivity index (χ1n) is 9.55. The van der Waals surface area contributed by atoms with Gasteiger partial charge in [-0.1, -0.05) is 18.2 Å². The molecule has 1 N–H and O–H groups in total. The Morgan fingerprint density at radius 2 is 1.83 bits per heavy atom. The van der Waals surface area contributed by atoms with Crippen LogP contribution in [0.1, 0.15) is 24.1 Å². The summed E-state index contributed by atoms with van der Waals surface area (Å²) in [7, 11) is 0. The molecule has 1 aliphatic rings. The van der Waals surface area contributed by atoms with Gasteiger partial charge in [0.05, 0.1) is 17.0 Å². The number of likely N-dealkylation sites (tertiary alicyclic amines) is 1. The standard InChI is InChI=1S/C22H21F3N2O2/c23-22(24,25)17-7-9-18(10-8-17)27-19(12-15-4-1-2-6-20(15)27)14-26-11-3-5-16(13-26)21(28)29/h1-2,4,6-10,12,16H,3,5,11,13-14H2,(H,28,29). The number of nitrogens with zero attached hydrogens (tertiary/aromatic N) is 2. The number of aliphatic carboxylic acids is 1. The van der Waals surface area contributed by atoms with Crippen LogP contribution in [-0.4, -0.2) is 33.6 Å². The van der Waals surface area contributed by atoms with Gasteiger partial charge >= 0.3 is 12.1 Å². The number of carboxylic acid groups (broad SMARTS) is 1. The molecule has 152 valence electrons. The van der Waals surface area contributed by atoms with E-state index in [0.717, 1.165) is 41.7 Å². The van der Waals surface area contributed by atoms with E-state index in [2.05, 4.69) is 4.90 Å². The van der Waals surface area contributed by atoms with Crippen molar-refractivity contribution < 1.29 is 23.1 Å². The normalized spacial score (nSPS) is 18.2.